The molecule has 7 nitrogen and oxygen atoms in total. The van der Waals surface area contributed by atoms with Crippen molar-refractivity contribution in [2.45, 2.75) is 50.6 Å². The van der Waals surface area contributed by atoms with Gasteiger partial charge in [-0.05, 0) is 0 Å². The molecule has 0 bridgehead atoms. The summed E-state index contributed by atoms with van der Waals surface area (Å²) in [6, 6.07) is 0. The second-order valence-corrected chi connectivity index (χ2v) is 4.82. The summed E-state index contributed by atoms with van der Waals surface area (Å²) in [6.45, 7) is 14.1. The maximum absolute atomic E-state index is 10.1. The van der Waals surface area contributed by atoms with Gasteiger partial charge in [-0.15, -0.1) is 36.4 Å². The zero-order valence-electron chi connectivity index (χ0n) is 13.4. The Morgan fingerprint density at radius 3 is 1.00 bits per heavy atom. The standard InChI is InChI=1S/C16H28N2O5/c1-5-9-13(19)17(14(20)10-6-2)23-18(15(21)11-7-3)16(22)12-8-4/h5-8,13-16,19-22H,1-4,9-12H2. The molecule has 0 saturated carbocycles. The van der Waals surface area contributed by atoms with Crippen molar-refractivity contribution < 1.29 is 25.4 Å². The molecular formula is C16H28N2O5. The second kappa shape index (κ2) is 12.1. The van der Waals surface area contributed by atoms with Crippen molar-refractivity contribution in [2.24, 2.45) is 0 Å². The molecule has 0 saturated heterocycles. The van der Waals surface area contributed by atoms with E-state index >= 15 is 0 Å². The van der Waals surface area contributed by atoms with Crippen LogP contribution in [-0.2, 0) is 4.94 Å². The Morgan fingerprint density at radius 1 is 0.609 bits per heavy atom. The third-order valence-corrected chi connectivity index (χ3v) is 2.87. The molecule has 0 aliphatic carbocycles. The van der Waals surface area contributed by atoms with Crippen LogP contribution in [0.4, 0.5) is 0 Å². The maximum Gasteiger partial charge on any atom is 0.138 e. The summed E-state index contributed by atoms with van der Waals surface area (Å²) in [5.74, 6) is 0. The first-order valence-corrected chi connectivity index (χ1v) is 7.33. The second-order valence-electron chi connectivity index (χ2n) is 4.82. The van der Waals surface area contributed by atoms with E-state index in [1.807, 2.05) is 0 Å². The van der Waals surface area contributed by atoms with E-state index in [0.717, 1.165) is 10.1 Å². The van der Waals surface area contributed by atoms with Crippen molar-refractivity contribution in [2.75, 3.05) is 0 Å². The lowest BCUT2D eigenvalue weighted by molar-refractivity contribution is -0.449. The van der Waals surface area contributed by atoms with Crippen LogP contribution in [0, 0.1) is 0 Å². The Balaban J connectivity index is 5.28. The van der Waals surface area contributed by atoms with Gasteiger partial charge in [0.05, 0.1) is 0 Å². The fourth-order valence-corrected chi connectivity index (χ4v) is 1.74. The van der Waals surface area contributed by atoms with Gasteiger partial charge in [-0.1, -0.05) is 24.3 Å². The molecule has 4 unspecified atom stereocenters. The molecule has 0 aromatic heterocycles. The monoisotopic (exact) mass is 328 g/mol. The maximum atomic E-state index is 10.1. The lowest BCUT2D eigenvalue weighted by atomic mass is 10.3. The minimum absolute atomic E-state index is 0.108. The van der Waals surface area contributed by atoms with Gasteiger partial charge in [0, 0.05) is 25.7 Å². The van der Waals surface area contributed by atoms with Crippen molar-refractivity contribution in [1.29, 1.82) is 0 Å². The minimum Gasteiger partial charge on any atom is -0.376 e. The summed E-state index contributed by atoms with van der Waals surface area (Å²) in [7, 11) is 0. The van der Waals surface area contributed by atoms with Crippen LogP contribution >= 0.6 is 0 Å². The molecule has 4 N–H and O–H groups in total. The van der Waals surface area contributed by atoms with Gasteiger partial charge in [-0.3, -0.25) is 0 Å². The summed E-state index contributed by atoms with van der Waals surface area (Å²) in [6.07, 6.45) is 1.34. The summed E-state index contributed by atoms with van der Waals surface area (Å²) in [4.78, 5) is 5.38. The fourth-order valence-electron chi connectivity index (χ4n) is 1.74. The lowest BCUT2D eigenvalue weighted by Crippen LogP contribution is -2.53. The van der Waals surface area contributed by atoms with Gasteiger partial charge in [-0.25, -0.2) is 0 Å². The van der Waals surface area contributed by atoms with Crippen molar-refractivity contribution >= 4 is 0 Å². The number of hydroxylamine groups is 4. The third-order valence-electron chi connectivity index (χ3n) is 2.87. The van der Waals surface area contributed by atoms with E-state index in [2.05, 4.69) is 26.3 Å². The molecule has 132 valence electrons. The van der Waals surface area contributed by atoms with Gasteiger partial charge in [0.15, 0.2) is 0 Å². The van der Waals surface area contributed by atoms with Gasteiger partial charge in [0.25, 0.3) is 0 Å². The predicted molar refractivity (Wildman–Crippen MR) is 88.0 cm³/mol. The Labute approximate surface area is 137 Å². The molecule has 0 rings (SSSR count). The number of hydrogen-bond donors (Lipinski definition) is 4. The van der Waals surface area contributed by atoms with Crippen molar-refractivity contribution in [3.8, 4) is 0 Å². The van der Waals surface area contributed by atoms with E-state index in [0.29, 0.717) is 0 Å². The topological polar surface area (TPSA) is 96.6 Å². The third kappa shape index (κ3) is 7.67. The zero-order valence-corrected chi connectivity index (χ0v) is 13.4. The molecule has 23 heavy (non-hydrogen) atoms. The average molecular weight is 328 g/mol. The normalized spacial score (nSPS) is 16.6. The van der Waals surface area contributed by atoms with Crippen LogP contribution < -0.4 is 0 Å². The van der Waals surface area contributed by atoms with Crippen LogP contribution in [0.1, 0.15) is 25.7 Å². The van der Waals surface area contributed by atoms with Crippen LogP contribution in [0.2, 0.25) is 0 Å². The molecule has 0 aromatic carbocycles. The molecule has 0 aliphatic rings. The smallest absolute Gasteiger partial charge is 0.138 e. The van der Waals surface area contributed by atoms with E-state index in [4.69, 9.17) is 4.94 Å². The number of nitrogens with zero attached hydrogens (tertiary/aromatic N) is 2. The highest BCUT2D eigenvalue weighted by Crippen LogP contribution is 2.17. The largest absolute Gasteiger partial charge is 0.376 e. The Kier molecular flexibility index (Phi) is 11.4. The molecular weight excluding hydrogens is 300 g/mol. The molecule has 4 atom stereocenters. The first-order chi connectivity index (χ1) is 10.9. The lowest BCUT2D eigenvalue weighted by Gasteiger charge is -2.37. The van der Waals surface area contributed by atoms with Crippen LogP contribution in [0.5, 0.6) is 0 Å². The summed E-state index contributed by atoms with van der Waals surface area (Å²) >= 11 is 0. The van der Waals surface area contributed by atoms with E-state index in [1.165, 1.54) is 24.3 Å². The van der Waals surface area contributed by atoms with Crippen LogP contribution in [0.25, 0.3) is 0 Å². The highest BCUT2D eigenvalue weighted by Gasteiger charge is 2.31. The first-order valence-electron chi connectivity index (χ1n) is 7.33. The predicted octanol–water partition coefficient (Wildman–Crippen LogP) is 1.01. The molecule has 0 heterocycles. The van der Waals surface area contributed by atoms with E-state index in [1.54, 1.807) is 0 Å². The molecule has 0 aliphatic heterocycles. The number of hydrogen-bond acceptors (Lipinski definition) is 7. The van der Waals surface area contributed by atoms with Gasteiger partial charge >= 0.3 is 0 Å². The summed E-state index contributed by atoms with van der Waals surface area (Å²) < 4.78 is 0. The SMILES string of the molecule is C=CCC(O)N(ON(C(O)CC=C)C(O)CC=C)C(O)CC=C. The van der Waals surface area contributed by atoms with Crippen LogP contribution in [-0.4, -0.2) is 55.5 Å². The molecule has 0 fully saturated rings. The highest BCUT2D eigenvalue weighted by atomic mass is 16.9. The molecule has 0 aromatic rings. The summed E-state index contributed by atoms with van der Waals surface area (Å²) in [5, 5.41) is 42.1. The van der Waals surface area contributed by atoms with E-state index in [9.17, 15) is 20.4 Å². The molecule has 0 radical (unpaired) electrons. The Hall–Kier alpha value is -1.32. The summed E-state index contributed by atoms with van der Waals surface area (Å²) in [5.41, 5.74) is 0. The van der Waals surface area contributed by atoms with Gasteiger partial charge in [0.2, 0.25) is 0 Å². The van der Waals surface area contributed by atoms with Crippen molar-refractivity contribution in [1.82, 2.24) is 10.1 Å². The minimum atomic E-state index is -1.23. The average Bonchev–Trinajstić information content (AvgIpc) is 2.48. The van der Waals surface area contributed by atoms with E-state index in [-0.39, 0.29) is 25.7 Å². The first kappa shape index (κ1) is 21.7. The fraction of sp³-hybridized carbons (Fsp3) is 0.500. The van der Waals surface area contributed by atoms with Gasteiger partial charge < -0.3 is 20.4 Å². The van der Waals surface area contributed by atoms with Crippen LogP contribution in [0.3, 0.4) is 0 Å². The Bertz CT molecular complexity index is 311. The number of aliphatic hydroxyl groups is 4. The molecule has 0 spiro atoms. The van der Waals surface area contributed by atoms with Gasteiger partial charge in [-0.2, -0.15) is 4.94 Å². The van der Waals surface area contributed by atoms with E-state index < -0.39 is 24.9 Å². The van der Waals surface area contributed by atoms with Crippen molar-refractivity contribution in [3.05, 3.63) is 50.6 Å². The van der Waals surface area contributed by atoms with Crippen LogP contribution in [0.15, 0.2) is 50.6 Å². The highest BCUT2D eigenvalue weighted by molar-refractivity contribution is 4.78. The Morgan fingerprint density at radius 2 is 0.826 bits per heavy atom. The molecule has 7 heteroatoms. The molecule has 0 amide bonds. The van der Waals surface area contributed by atoms with Crippen molar-refractivity contribution in [3.63, 3.8) is 0 Å². The van der Waals surface area contributed by atoms with Gasteiger partial charge in [0.1, 0.15) is 24.9 Å². The zero-order chi connectivity index (χ0) is 17.8. The number of rotatable bonds is 14. The quantitative estimate of drug-likeness (QED) is 0.215. The number of aliphatic hydroxyl groups excluding tert-OH is 4.